The molecular weight excluding hydrogens is 483 g/mol. The first-order valence-electron chi connectivity index (χ1n) is 10.7. The van der Waals surface area contributed by atoms with Crippen LogP contribution < -0.4 is 0 Å². The molecule has 0 aromatic heterocycles. The van der Waals surface area contributed by atoms with E-state index in [2.05, 4.69) is 0 Å². The van der Waals surface area contributed by atoms with Gasteiger partial charge in [0.25, 0.3) is 0 Å². The van der Waals surface area contributed by atoms with Crippen LogP contribution in [-0.4, -0.2) is 28.6 Å². The van der Waals surface area contributed by atoms with Crippen molar-refractivity contribution < 1.29 is 32.6 Å². The van der Waals surface area contributed by atoms with Crippen molar-refractivity contribution in [1.82, 2.24) is 4.90 Å². The number of ether oxygens (including phenoxy) is 1. The molecule has 0 atom stereocenters. The summed E-state index contributed by atoms with van der Waals surface area (Å²) in [7, 11) is 0. The Labute approximate surface area is 205 Å². The van der Waals surface area contributed by atoms with Crippen molar-refractivity contribution in [2.24, 2.45) is 0 Å². The van der Waals surface area contributed by atoms with Crippen LogP contribution in [0.15, 0.2) is 66.7 Å². The summed E-state index contributed by atoms with van der Waals surface area (Å²) in [5, 5.41) is 9.37. The van der Waals surface area contributed by atoms with Crippen molar-refractivity contribution in [3.63, 3.8) is 0 Å². The maximum absolute atomic E-state index is 13.5. The highest BCUT2D eigenvalue weighted by Gasteiger charge is 2.31. The van der Waals surface area contributed by atoms with Crippen molar-refractivity contribution in [2.75, 3.05) is 6.54 Å². The third-order valence-electron chi connectivity index (χ3n) is 5.26. The molecule has 0 unspecified atom stereocenters. The predicted molar refractivity (Wildman–Crippen MR) is 126 cm³/mol. The number of rotatable bonds is 8. The number of carbonyl (C=O) groups excluding carboxylic acids is 1. The van der Waals surface area contributed by atoms with Crippen LogP contribution in [0.4, 0.5) is 18.0 Å². The zero-order valence-electron chi connectivity index (χ0n) is 18.8. The molecule has 0 radical (unpaired) electrons. The molecule has 35 heavy (non-hydrogen) atoms. The van der Waals surface area contributed by atoms with Gasteiger partial charge in [0.05, 0.1) is 12.0 Å². The van der Waals surface area contributed by atoms with Crippen molar-refractivity contribution >= 4 is 23.7 Å². The number of carboxylic acid groups (broad SMARTS) is 1. The largest absolute Gasteiger partial charge is 0.481 e. The molecule has 0 saturated heterocycles. The maximum Gasteiger partial charge on any atom is 0.416 e. The number of carbonyl (C=O) groups is 2. The monoisotopic (exact) mass is 505 g/mol. The highest BCUT2D eigenvalue weighted by Crippen LogP contribution is 2.35. The van der Waals surface area contributed by atoms with Gasteiger partial charge in [-0.15, -0.1) is 0 Å². The third-order valence-corrected chi connectivity index (χ3v) is 5.48. The molecule has 184 valence electrons. The predicted octanol–water partition coefficient (Wildman–Crippen LogP) is 6.81. The summed E-state index contributed by atoms with van der Waals surface area (Å²) in [5.74, 6) is -1.07. The average molecular weight is 506 g/mol. The quantitative estimate of drug-likeness (QED) is 0.365. The van der Waals surface area contributed by atoms with Gasteiger partial charge >= 0.3 is 18.2 Å². The minimum absolute atomic E-state index is 0.0263. The SMILES string of the molecule is CCN(Cc1cc(C(F)(F)F)ccc1-c1cc(Cl)cc(CC(=O)O)c1)C(=O)OCc1ccccc1. The number of benzene rings is 3. The summed E-state index contributed by atoms with van der Waals surface area (Å²) in [6.45, 7) is 1.77. The van der Waals surface area contributed by atoms with E-state index >= 15 is 0 Å². The number of hydrogen-bond acceptors (Lipinski definition) is 3. The van der Waals surface area contributed by atoms with Crippen molar-refractivity contribution in [3.05, 3.63) is 94.0 Å². The minimum Gasteiger partial charge on any atom is -0.481 e. The molecule has 0 aliphatic rings. The molecule has 3 aromatic carbocycles. The lowest BCUT2D eigenvalue weighted by atomic mass is 9.95. The number of amides is 1. The third kappa shape index (κ3) is 7.23. The van der Waals surface area contributed by atoms with E-state index < -0.39 is 23.8 Å². The summed E-state index contributed by atoms with van der Waals surface area (Å²) in [5.41, 5.74) is 1.40. The molecule has 0 heterocycles. The standard InChI is InChI=1S/C26H23ClF3NO4/c1-2-31(25(34)35-16-17-6-4-3-5-7-17)15-20-13-21(26(28,29)30)8-9-23(20)19-10-18(12-24(32)33)11-22(27)14-19/h3-11,13-14H,2,12,15-16H2,1H3,(H,32,33). The van der Waals surface area contributed by atoms with Crippen LogP contribution in [0.5, 0.6) is 0 Å². The van der Waals surface area contributed by atoms with E-state index in [4.69, 9.17) is 21.4 Å². The lowest BCUT2D eigenvalue weighted by Crippen LogP contribution is -2.31. The maximum atomic E-state index is 13.5. The van der Waals surface area contributed by atoms with Crippen molar-refractivity contribution in [2.45, 2.75) is 32.7 Å². The Kier molecular flexibility index (Phi) is 8.40. The first-order chi connectivity index (χ1) is 16.6. The number of hydrogen-bond donors (Lipinski definition) is 1. The van der Waals surface area contributed by atoms with Crippen LogP contribution in [0.3, 0.4) is 0 Å². The smallest absolute Gasteiger partial charge is 0.416 e. The fraction of sp³-hybridized carbons (Fsp3) is 0.231. The van der Waals surface area contributed by atoms with Gasteiger partial charge in [-0.2, -0.15) is 13.2 Å². The number of halogens is 4. The number of nitrogens with zero attached hydrogens (tertiary/aromatic N) is 1. The van der Waals surface area contributed by atoms with E-state index in [1.165, 1.54) is 17.0 Å². The van der Waals surface area contributed by atoms with Gasteiger partial charge in [0.1, 0.15) is 6.61 Å². The van der Waals surface area contributed by atoms with Gasteiger partial charge in [-0.25, -0.2) is 4.79 Å². The highest BCUT2D eigenvalue weighted by molar-refractivity contribution is 6.31. The van der Waals surface area contributed by atoms with Crippen LogP contribution in [-0.2, 0) is 35.3 Å². The molecule has 0 spiro atoms. The van der Waals surface area contributed by atoms with Crippen LogP contribution >= 0.6 is 11.6 Å². The lowest BCUT2D eigenvalue weighted by molar-refractivity contribution is -0.138. The lowest BCUT2D eigenvalue weighted by Gasteiger charge is -2.23. The Balaban J connectivity index is 1.95. The molecule has 0 aliphatic carbocycles. The molecule has 9 heteroatoms. The molecule has 0 fully saturated rings. The Hall–Kier alpha value is -3.52. The van der Waals surface area contributed by atoms with Gasteiger partial charge in [-0.3, -0.25) is 4.79 Å². The van der Waals surface area contributed by atoms with E-state index in [1.807, 2.05) is 6.07 Å². The second-order valence-corrected chi connectivity index (χ2v) is 8.28. The zero-order valence-corrected chi connectivity index (χ0v) is 19.6. The highest BCUT2D eigenvalue weighted by atomic mass is 35.5. The fourth-order valence-corrected chi connectivity index (χ4v) is 3.84. The molecule has 0 saturated carbocycles. The van der Waals surface area contributed by atoms with E-state index in [1.54, 1.807) is 43.3 Å². The molecule has 1 N–H and O–H groups in total. The zero-order chi connectivity index (χ0) is 25.6. The molecule has 5 nitrogen and oxygen atoms in total. The summed E-state index contributed by atoms with van der Waals surface area (Å²) >= 11 is 6.17. The van der Waals surface area contributed by atoms with Crippen LogP contribution in [0.25, 0.3) is 11.1 Å². The molecule has 0 aliphatic heterocycles. The second-order valence-electron chi connectivity index (χ2n) is 7.84. The number of alkyl halides is 3. The Morgan fingerprint density at radius 3 is 2.34 bits per heavy atom. The Morgan fingerprint density at radius 2 is 1.71 bits per heavy atom. The number of aliphatic carboxylic acids is 1. The minimum atomic E-state index is -4.58. The van der Waals surface area contributed by atoms with E-state index in [-0.39, 0.29) is 36.7 Å². The summed E-state index contributed by atoms with van der Waals surface area (Å²) in [6.07, 6.45) is -5.55. The first-order valence-corrected chi connectivity index (χ1v) is 11.1. The van der Waals surface area contributed by atoms with Gasteiger partial charge in [0.15, 0.2) is 0 Å². The normalized spacial score (nSPS) is 11.2. The van der Waals surface area contributed by atoms with E-state index in [9.17, 15) is 22.8 Å². The second kappa shape index (κ2) is 11.3. The Morgan fingerprint density at radius 1 is 1.00 bits per heavy atom. The van der Waals surface area contributed by atoms with Gasteiger partial charge < -0.3 is 14.7 Å². The summed E-state index contributed by atoms with van der Waals surface area (Å²) < 4.78 is 45.8. The van der Waals surface area contributed by atoms with Gasteiger partial charge in [-0.1, -0.05) is 54.1 Å². The van der Waals surface area contributed by atoms with Crippen LogP contribution in [0.2, 0.25) is 5.02 Å². The molecule has 1 amide bonds. The topological polar surface area (TPSA) is 66.8 Å². The first kappa shape index (κ1) is 26.1. The van der Waals surface area contributed by atoms with Crippen molar-refractivity contribution in [3.8, 4) is 11.1 Å². The number of carboxylic acids is 1. The van der Waals surface area contributed by atoms with Gasteiger partial charge in [0.2, 0.25) is 0 Å². The van der Waals surface area contributed by atoms with Crippen LogP contribution in [0.1, 0.15) is 29.2 Å². The fourth-order valence-electron chi connectivity index (χ4n) is 3.59. The van der Waals surface area contributed by atoms with Gasteiger partial charge in [-0.05, 0) is 59.0 Å². The van der Waals surface area contributed by atoms with Crippen molar-refractivity contribution in [1.29, 1.82) is 0 Å². The Bertz CT molecular complexity index is 1200. The molecular formula is C26H23ClF3NO4. The van der Waals surface area contributed by atoms with E-state index in [0.717, 1.165) is 17.7 Å². The molecule has 3 rings (SSSR count). The van der Waals surface area contributed by atoms with Gasteiger partial charge in [0, 0.05) is 18.1 Å². The van der Waals surface area contributed by atoms with E-state index in [0.29, 0.717) is 16.7 Å². The molecule has 3 aromatic rings. The van der Waals surface area contributed by atoms with Crippen LogP contribution in [0, 0.1) is 0 Å². The average Bonchev–Trinajstić information content (AvgIpc) is 2.80. The summed E-state index contributed by atoms with van der Waals surface area (Å²) in [4.78, 5) is 25.1. The summed E-state index contributed by atoms with van der Waals surface area (Å²) in [6, 6.07) is 16.9. The molecule has 0 bridgehead atoms.